The maximum atomic E-state index is 12.4. The molecule has 1 aliphatic heterocycles. The van der Waals surface area contributed by atoms with Crippen LogP contribution in [0.15, 0.2) is 24.3 Å². The van der Waals surface area contributed by atoms with E-state index >= 15 is 0 Å². The molecule has 1 unspecified atom stereocenters. The van der Waals surface area contributed by atoms with Crippen molar-refractivity contribution in [1.82, 2.24) is 9.80 Å². The summed E-state index contributed by atoms with van der Waals surface area (Å²) in [6, 6.07) is 9.34. The lowest BCUT2D eigenvalue weighted by Gasteiger charge is -2.37. The Morgan fingerprint density at radius 3 is 2.77 bits per heavy atom. The molecular weight excluding hydrogens is 276 g/mol. The van der Waals surface area contributed by atoms with Crippen molar-refractivity contribution in [1.29, 1.82) is 5.26 Å². The van der Waals surface area contributed by atoms with Crippen LogP contribution < -0.4 is 5.32 Å². The molecule has 5 nitrogen and oxygen atoms in total. The lowest BCUT2D eigenvalue weighted by Crippen LogP contribution is -2.49. The first-order valence-electron chi connectivity index (χ1n) is 7.72. The number of nitriles is 1. The molecule has 1 atom stereocenters. The number of likely N-dealkylation sites (N-methyl/N-ethyl adjacent to an activating group) is 1. The number of piperidine rings is 1. The predicted molar refractivity (Wildman–Crippen MR) is 87.5 cm³/mol. The van der Waals surface area contributed by atoms with Crippen LogP contribution in [0, 0.1) is 11.3 Å². The van der Waals surface area contributed by atoms with Crippen LogP contribution in [0.2, 0.25) is 0 Å². The van der Waals surface area contributed by atoms with Gasteiger partial charge in [-0.05, 0) is 65.1 Å². The molecule has 0 aliphatic carbocycles. The standard InChI is InChI=1S/C17H24N4O/c1-13(21(3)16-7-9-20(2)10-8-16)17(22)19-15-6-4-5-14(11-15)12-18/h4-6,11,13,16H,7-10H2,1-3H3,(H,19,22). The van der Waals surface area contributed by atoms with E-state index in [4.69, 9.17) is 5.26 Å². The number of rotatable bonds is 4. The Balaban J connectivity index is 1.95. The van der Waals surface area contributed by atoms with Gasteiger partial charge in [0, 0.05) is 11.7 Å². The molecule has 1 heterocycles. The van der Waals surface area contributed by atoms with Gasteiger partial charge in [0.05, 0.1) is 17.7 Å². The van der Waals surface area contributed by atoms with Gasteiger partial charge >= 0.3 is 0 Å². The van der Waals surface area contributed by atoms with E-state index in [0.29, 0.717) is 17.3 Å². The molecule has 1 N–H and O–H groups in total. The molecule has 5 heteroatoms. The highest BCUT2D eigenvalue weighted by Crippen LogP contribution is 2.17. The summed E-state index contributed by atoms with van der Waals surface area (Å²) in [6.07, 6.45) is 2.18. The van der Waals surface area contributed by atoms with Crippen molar-refractivity contribution in [2.75, 3.05) is 32.5 Å². The number of likely N-dealkylation sites (tertiary alicyclic amines) is 1. The highest BCUT2D eigenvalue weighted by Gasteiger charge is 2.27. The van der Waals surface area contributed by atoms with Gasteiger partial charge in [0.15, 0.2) is 0 Å². The van der Waals surface area contributed by atoms with Crippen LogP contribution in [0.3, 0.4) is 0 Å². The molecule has 0 saturated carbocycles. The molecule has 1 aromatic carbocycles. The summed E-state index contributed by atoms with van der Waals surface area (Å²) in [7, 11) is 4.15. The number of carbonyl (C=O) groups is 1. The fraction of sp³-hybridized carbons (Fsp3) is 0.529. The van der Waals surface area contributed by atoms with Crippen molar-refractivity contribution in [3.05, 3.63) is 29.8 Å². The first-order chi connectivity index (χ1) is 10.5. The molecule has 1 fully saturated rings. The fourth-order valence-corrected chi connectivity index (χ4v) is 2.82. The molecule has 1 aromatic rings. The Morgan fingerprint density at radius 1 is 1.45 bits per heavy atom. The minimum absolute atomic E-state index is 0.0310. The van der Waals surface area contributed by atoms with Crippen LogP contribution >= 0.6 is 0 Å². The highest BCUT2D eigenvalue weighted by molar-refractivity contribution is 5.94. The Kier molecular flexibility index (Phi) is 5.53. The van der Waals surface area contributed by atoms with E-state index in [9.17, 15) is 4.79 Å². The molecule has 0 aromatic heterocycles. The smallest absolute Gasteiger partial charge is 0.241 e. The van der Waals surface area contributed by atoms with Crippen LogP contribution in [-0.4, -0.2) is 55.0 Å². The van der Waals surface area contributed by atoms with E-state index in [1.165, 1.54) is 0 Å². The summed E-state index contributed by atoms with van der Waals surface area (Å²) < 4.78 is 0. The van der Waals surface area contributed by atoms with E-state index in [2.05, 4.69) is 28.2 Å². The zero-order valence-electron chi connectivity index (χ0n) is 13.5. The monoisotopic (exact) mass is 300 g/mol. The molecular formula is C17H24N4O. The van der Waals surface area contributed by atoms with Crippen molar-refractivity contribution < 1.29 is 4.79 Å². The minimum atomic E-state index is -0.195. The zero-order valence-corrected chi connectivity index (χ0v) is 13.5. The first-order valence-corrected chi connectivity index (χ1v) is 7.72. The average Bonchev–Trinajstić information content (AvgIpc) is 2.54. The fourth-order valence-electron chi connectivity index (χ4n) is 2.82. The second kappa shape index (κ2) is 7.39. The van der Waals surface area contributed by atoms with E-state index in [1.54, 1.807) is 24.3 Å². The SMILES string of the molecule is CC(C(=O)Nc1cccc(C#N)c1)N(C)C1CCN(C)CC1. The van der Waals surface area contributed by atoms with Crippen molar-refractivity contribution in [2.24, 2.45) is 0 Å². The lowest BCUT2D eigenvalue weighted by molar-refractivity contribution is -0.121. The number of benzene rings is 1. The summed E-state index contributed by atoms with van der Waals surface area (Å²) >= 11 is 0. The minimum Gasteiger partial charge on any atom is -0.325 e. The largest absolute Gasteiger partial charge is 0.325 e. The summed E-state index contributed by atoms with van der Waals surface area (Å²) in [5.41, 5.74) is 1.22. The zero-order chi connectivity index (χ0) is 16.1. The van der Waals surface area contributed by atoms with Gasteiger partial charge < -0.3 is 10.2 Å². The maximum Gasteiger partial charge on any atom is 0.241 e. The molecule has 0 bridgehead atoms. The van der Waals surface area contributed by atoms with Crippen molar-refractivity contribution in [3.63, 3.8) is 0 Å². The lowest BCUT2D eigenvalue weighted by atomic mass is 10.0. The number of hydrogen-bond donors (Lipinski definition) is 1. The third kappa shape index (κ3) is 4.06. The Bertz CT molecular complexity index is 558. The van der Waals surface area contributed by atoms with Gasteiger partial charge in [-0.3, -0.25) is 9.69 Å². The second-order valence-corrected chi connectivity index (χ2v) is 6.06. The Hall–Kier alpha value is -1.90. The van der Waals surface area contributed by atoms with E-state index in [1.807, 2.05) is 14.0 Å². The summed E-state index contributed by atoms with van der Waals surface area (Å²) in [4.78, 5) is 16.9. The van der Waals surface area contributed by atoms with Crippen molar-refractivity contribution >= 4 is 11.6 Å². The van der Waals surface area contributed by atoms with Gasteiger partial charge in [-0.1, -0.05) is 6.07 Å². The number of anilines is 1. The third-order valence-electron chi connectivity index (χ3n) is 4.51. The number of nitrogens with zero attached hydrogens (tertiary/aromatic N) is 3. The van der Waals surface area contributed by atoms with Crippen LogP contribution in [0.4, 0.5) is 5.69 Å². The molecule has 118 valence electrons. The predicted octanol–water partition coefficient (Wildman–Crippen LogP) is 1.91. The Morgan fingerprint density at radius 2 is 2.14 bits per heavy atom. The molecule has 2 rings (SSSR count). The van der Waals surface area contributed by atoms with Gasteiger partial charge in [0.25, 0.3) is 0 Å². The number of hydrogen-bond acceptors (Lipinski definition) is 4. The van der Waals surface area contributed by atoms with E-state index in [0.717, 1.165) is 25.9 Å². The highest BCUT2D eigenvalue weighted by atomic mass is 16.2. The topological polar surface area (TPSA) is 59.4 Å². The molecule has 0 radical (unpaired) electrons. The van der Waals surface area contributed by atoms with E-state index < -0.39 is 0 Å². The molecule has 1 amide bonds. The molecule has 22 heavy (non-hydrogen) atoms. The summed E-state index contributed by atoms with van der Waals surface area (Å²) in [5, 5.41) is 11.8. The van der Waals surface area contributed by atoms with Crippen molar-refractivity contribution in [2.45, 2.75) is 31.8 Å². The normalized spacial score (nSPS) is 18.0. The van der Waals surface area contributed by atoms with Crippen LogP contribution in [0.1, 0.15) is 25.3 Å². The van der Waals surface area contributed by atoms with Gasteiger partial charge in [0.2, 0.25) is 5.91 Å². The quantitative estimate of drug-likeness (QED) is 0.923. The molecule has 1 aliphatic rings. The number of nitrogens with one attached hydrogen (secondary N) is 1. The summed E-state index contributed by atoms with van der Waals surface area (Å²) in [5.74, 6) is -0.0310. The van der Waals surface area contributed by atoms with Crippen molar-refractivity contribution in [3.8, 4) is 6.07 Å². The molecule has 0 spiro atoms. The van der Waals surface area contributed by atoms with E-state index in [-0.39, 0.29) is 11.9 Å². The average molecular weight is 300 g/mol. The third-order valence-corrected chi connectivity index (χ3v) is 4.51. The van der Waals surface area contributed by atoms with Crippen LogP contribution in [0.5, 0.6) is 0 Å². The van der Waals surface area contributed by atoms with Crippen LogP contribution in [0.25, 0.3) is 0 Å². The number of carbonyl (C=O) groups excluding carboxylic acids is 1. The Labute approximate surface area is 132 Å². The van der Waals surface area contributed by atoms with Crippen LogP contribution in [-0.2, 0) is 4.79 Å². The summed E-state index contributed by atoms with van der Waals surface area (Å²) in [6.45, 7) is 4.09. The second-order valence-electron chi connectivity index (χ2n) is 6.06. The van der Waals surface area contributed by atoms with Gasteiger partial charge in [0.1, 0.15) is 0 Å². The maximum absolute atomic E-state index is 12.4. The number of amides is 1. The van der Waals surface area contributed by atoms with Gasteiger partial charge in [-0.15, -0.1) is 0 Å². The van der Waals surface area contributed by atoms with Gasteiger partial charge in [-0.25, -0.2) is 0 Å². The molecule has 1 saturated heterocycles. The first kappa shape index (κ1) is 16.5. The van der Waals surface area contributed by atoms with Gasteiger partial charge in [-0.2, -0.15) is 5.26 Å².